The van der Waals surface area contributed by atoms with E-state index in [2.05, 4.69) is 4.18 Å². The normalized spacial score (nSPS) is 21.5. The molecule has 0 radical (unpaired) electrons. The Hall–Kier alpha value is -0.543. The van der Waals surface area contributed by atoms with Gasteiger partial charge < -0.3 is 8.98 Å². The molecular formula is C13H23F3O4SSi. The van der Waals surface area contributed by atoms with Crippen LogP contribution in [0.5, 0.6) is 0 Å². The molecule has 0 bridgehead atoms. The van der Waals surface area contributed by atoms with E-state index in [9.17, 15) is 26.4 Å². The number of allylic oxidation sites excluding steroid dienone is 2. The van der Waals surface area contributed by atoms with Gasteiger partial charge in [-0.25, -0.2) is 0 Å². The van der Waals surface area contributed by atoms with E-state index < -0.39 is 23.9 Å². The van der Waals surface area contributed by atoms with Gasteiger partial charge in [0.15, 0.2) is 8.32 Å². The van der Waals surface area contributed by atoms with Gasteiger partial charge in [0.1, 0.15) is 5.76 Å². The van der Waals surface area contributed by atoms with Crippen molar-refractivity contribution < 1.29 is 30.6 Å². The van der Waals surface area contributed by atoms with Crippen molar-refractivity contribution >= 4 is 18.4 Å². The van der Waals surface area contributed by atoms with Crippen LogP contribution in [0.2, 0.25) is 18.1 Å². The van der Waals surface area contributed by atoms with E-state index in [4.69, 9.17) is 0 Å². The standard InChI is InChI=1S/C13H23F3O4SSi/c1-12(2,22(3,4)19)9-10-5-7-11(8-6-10)20-21(17,18)13(14,15)16/h7,10,19H,5-6,8-9H2,1-4H3. The zero-order valence-corrected chi connectivity index (χ0v) is 15.0. The predicted molar refractivity (Wildman–Crippen MR) is 79.8 cm³/mol. The van der Waals surface area contributed by atoms with Gasteiger partial charge in [0.05, 0.1) is 0 Å². The van der Waals surface area contributed by atoms with Crippen LogP contribution in [-0.4, -0.2) is 27.0 Å². The van der Waals surface area contributed by atoms with Crippen LogP contribution in [0.15, 0.2) is 11.8 Å². The summed E-state index contributed by atoms with van der Waals surface area (Å²) in [6.45, 7) is 7.69. The lowest BCUT2D eigenvalue weighted by Crippen LogP contribution is -2.40. The van der Waals surface area contributed by atoms with Crippen LogP contribution in [0.4, 0.5) is 13.2 Å². The maximum Gasteiger partial charge on any atom is 0.534 e. The summed E-state index contributed by atoms with van der Waals surface area (Å²) in [6, 6.07) is 0. The first-order valence-electron chi connectivity index (χ1n) is 7.08. The summed E-state index contributed by atoms with van der Waals surface area (Å²) in [5.41, 5.74) is -5.40. The third kappa shape index (κ3) is 4.72. The Morgan fingerprint density at radius 3 is 2.27 bits per heavy atom. The molecule has 22 heavy (non-hydrogen) atoms. The maximum atomic E-state index is 12.3. The summed E-state index contributed by atoms with van der Waals surface area (Å²) < 4.78 is 62.8. The maximum absolute atomic E-state index is 12.3. The number of hydrogen-bond acceptors (Lipinski definition) is 4. The molecule has 0 fully saturated rings. The van der Waals surface area contributed by atoms with Crippen LogP contribution in [0.25, 0.3) is 0 Å². The first-order chi connectivity index (χ1) is 9.66. The fraction of sp³-hybridized carbons (Fsp3) is 0.846. The van der Waals surface area contributed by atoms with Gasteiger partial charge in [-0.2, -0.15) is 21.6 Å². The number of alkyl halides is 3. The van der Waals surface area contributed by atoms with Crippen molar-refractivity contribution in [2.45, 2.75) is 63.2 Å². The van der Waals surface area contributed by atoms with Gasteiger partial charge in [-0.3, -0.25) is 0 Å². The van der Waals surface area contributed by atoms with E-state index in [-0.39, 0.29) is 23.1 Å². The SMILES string of the molecule is CC(C)(CC1CC=C(OS(=O)(=O)C(F)(F)F)CC1)[Si](C)(C)O. The second-order valence-corrected chi connectivity index (χ2v) is 13.0. The molecule has 4 nitrogen and oxygen atoms in total. The molecule has 1 atom stereocenters. The van der Waals surface area contributed by atoms with Gasteiger partial charge in [-0.1, -0.05) is 13.8 Å². The molecule has 1 unspecified atom stereocenters. The summed E-state index contributed by atoms with van der Waals surface area (Å²) in [5.74, 6) is 0.0572. The molecule has 130 valence electrons. The first kappa shape index (κ1) is 19.5. The topological polar surface area (TPSA) is 63.6 Å². The van der Waals surface area contributed by atoms with Crippen molar-refractivity contribution in [1.82, 2.24) is 0 Å². The lowest BCUT2D eigenvalue weighted by Gasteiger charge is -2.38. The monoisotopic (exact) mass is 360 g/mol. The molecule has 9 heteroatoms. The van der Waals surface area contributed by atoms with Gasteiger partial charge >= 0.3 is 15.6 Å². The number of rotatable bonds is 5. The Morgan fingerprint density at radius 2 is 1.91 bits per heavy atom. The minimum atomic E-state index is -5.57. The summed E-state index contributed by atoms with van der Waals surface area (Å²) >= 11 is 0. The van der Waals surface area contributed by atoms with Crippen LogP contribution < -0.4 is 0 Å². The van der Waals surface area contributed by atoms with E-state index in [1.54, 1.807) is 0 Å². The average Bonchev–Trinajstić information content (AvgIpc) is 2.28. The predicted octanol–water partition coefficient (Wildman–Crippen LogP) is 3.90. The Morgan fingerprint density at radius 1 is 1.36 bits per heavy atom. The highest BCUT2D eigenvalue weighted by atomic mass is 32.2. The van der Waals surface area contributed by atoms with Crippen molar-refractivity contribution in [3.05, 3.63) is 11.8 Å². The van der Waals surface area contributed by atoms with Crippen molar-refractivity contribution in [2.75, 3.05) is 0 Å². The molecule has 0 aliphatic heterocycles. The van der Waals surface area contributed by atoms with E-state index >= 15 is 0 Å². The Bertz CT molecular complexity index is 532. The van der Waals surface area contributed by atoms with Crippen LogP contribution >= 0.6 is 0 Å². The molecule has 0 aromatic carbocycles. The summed E-state index contributed by atoms with van der Waals surface area (Å²) in [7, 11) is -7.92. The van der Waals surface area contributed by atoms with Gasteiger partial charge in [0.25, 0.3) is 0 Å². The highest BCUT2D eigenvalue weighted by Crippen LogP contribution is 2.44. The van der Waals surface area contributed by atoms with Gasteiger partial charge in [-0.05, 0) is 49.4 Å². The Labute approximate surface area is 130 Å². The largest absolute Gasteiger partial charge is 0.534 e. The van der Waals surface area contributed by atoms with Gasteiger partial charge in [0.2, 0.25) is 0 Å². The molecule has 1 N–H and O–H groups in total. The number of hydrogen-bond donors (Lipinski definition) is 1. The fourth-order valence-electron chi connectivity index (χ4n) is 2.29. The van der Waals surface area contributed by atoms with Crippen molar-refractivity contribution in [2.24, 2.45) is 5.92 Å². The first-order valence-corrected chi connectivity index (χ1v) is 11.4. The third-order valence-electron chi connectivity index (χ3n) is 4.43. The van der Waals surface area contributed by atoms with Gasteiger partial charge in [-0.15, -0.1) is 0 Å². The minimum absolute atomic E-state index is 0.146. The molecule has 0 aromatic rings. The van der Waals surface area contributed by atoms with Crippen LogP contribution in [0, 0.1) is 5.92 Å². The summed E-state index contributed by atoms with van der Waals surface area (Å²) in [5, 5.41) is -0.220. The Balaban J connectivity index is 2.68. The molecule has 0 aromatic heterocycles. The highest BCUT2D eigenvalue weighted by Gasteiger charge is 2.49. The summed E-state index contributed by atoms with van der Waals surface area (Å²) in [6.07, 6.45) is 3.32. The zero-order valence-electron chi connectivity index (χ0n) is 13.2. The molecule has 0 heterocycles. The molecule has 1 aliphatic carbocycles. The third-order valence-corrected chi connectivity index (χ3v) is 8.95. The molecule has 0 amide bonds. The van der Waals surface area contributed by atoms with Crippen molar-refractivity contribution in [3.63, 3.8) is 0 Å². The second kappa shape index (κ2) is 6.16. The van der Waals surface area contributed by atoms with E-state index in [0.717, 1.165) is 6.42 Å². The smallest absolute Gasteiger partial charge is 0.432 e. The van der Waals surface area contributed by atoms with E-state index in [1.165, 1.54) is 6.08 Å². The molecule has 1 rings (SSSR count). The molecule has 0 saturated carbocycles. The van der Waals surface area contributed by atoms with Crippen LogP contribution in [0.1, 0.15) is 39.5 Å². The van der Waals surface area contributed by atoms with Crippen LogP contribution in [0.3, 0.4) is 0 Å². The number of halogens is 3. The average molecular weight is 360 g/mol. The second-order valence-electron chi connectivity index (χ2n) is 6.94. The Kier molecular flexibility index (Phi) is 5.46. The lowest BCUT2D eigenvalue weighted by molar-refractivity contribution is -0.0524. The van der Waals surface area contributed by atoms with E-state index in [1.807, 2.05) is 26.9 Å². The van der Waals surface area contributed by atoms with E-state index in [0.29, 0.717) is 12.8 Å². The fourth-order valence-corrected chi connectivity index (χ4v) is 3.60. The zero-order chi connectivity index (χ0) is 17.4. The molecule has 0 saturated heterocycles. The van der Waals surface area contributed by atoms with Crippen LogP contribution in [-0.2, 0) is 14.3 Å². The lowest BCUT2D eigenvalue weighted by atomic mass is 9.86. The van der Waals surface area contributed by atoms with Crippen molar-refractivity contribution in [3.8, 4) is 0 Å². The molecule has 0 spiro atoms. The molecular weight excluding hydrogens is 337 g/mol. The summed E-state index contributed by atoms with van der Waals surface area (Å²) in [4.78, 5) is 10.3. The quantitative estimate of drug-likeness (QED) is 0.459. The van der Waals surface area contributed by atoms with Crippen molar-refractivity contribution in [1.29, 1.82) is 0 Å². The molecule has 1 aliphatic rings. The van der Waals surface area contributed by atoms with Gasteiger partial charge in [0, 0.05) is 6.42 Å². The minimum Gasteiger partial charge on any atom is -0.432 e. The highest BCUT2D eigenvalue weighted by molar-refractivity contribution is 7.87.